The third-order valence-electron chi connectivity index (χ3n) is 4.91. The molecule has 2 fully saturated rings. The van der Waals surface area contributed by atoms with Gasteiger partial charge in [0.1, 0.15) is 5.75 Å². The third kappa shape index (κ3) is 4.73. The number of β-amino-alcohol motifs (C(OH)–C–C–N with tert-alkyl or cyclic N) is 1. The Morgan fingerprint density at radius 3 is 2.81 bits per heavy atom. The van der Waals surface area contributed by atoms with Gasteiger partial charge in [-0.25, -0.2) is 13.1 Å². The van der Waals surface area contributed by atoms with E-state index in [-0.39, 0.29) is 23.5 Å². The summed E-state index contributed by atoms with van der Waals surface area (Å²) in [5.41, 5.74) is -0.0865. The van der Waals surface area contributed by atoms with E-state index in [2.05, 4.69) is 31.9 Å². The molecule has 1 aromatic heterocycles. The molecule has 1 aromatic carbocycles. The number of hydrogen-bond donors (Lipinski definition) is 2. The van der Waals surface area contributed by atoms with Gasteiger partial charge in [-0.15, -0.1) is 0 Å². The average molecular weight is 392 g/mol. The molecule has 1 aliphatic carbocycles. The number of piperidine rings is 1. The van der Waals surface area contributed by atoms with Gasteiger partial charge in [0.25, 0.3) is 5.89 Å². The van der Waals surface area contributed by atoms with Crippen LogP contribution in [0.2, 0.25) is 0 Å². The molecule has 2 N–H and O–H groups in total. The van der Waals surface area contributed by atoms with Crippen LogP contribution in [0, 0.1) is 0 Å². The van der Waals surface area contributed by atoms with E-state index in [4.69, 9.17) is 4.52 Å². The van der Waals surface area contributed by atoms with Crippen LogP contribution in [0.15, 0.2) is 34.9 Å². The Balaban J connectivity index is 1.43. The second-order valence-electron chi connectivity index (χ2n) is 7.50. The molecule has 0 amide bonds. The van der Waals surface area contributed by atoms with Crippen molar-refractivity contribution in [1.82, 2.24) is 19.8 Å². The van der Waals surface area contributed by atoms with Gasteiger partial charge in [-0.05, 0) is 37.8 Å². The molecule has 8 nitrogen and oxygen atoms in total. The van der Waals surface area contributed by atoms with Gasteiger partial charge in [0.2, 0.25) is 10.0 Å². The SMILES string of the molecule is O=S(=O)(Cc1noc(C2(O)CCCN(Cc3ccccc3)C2)n1)NC1CC1. The van der Waals surface area contributed by atoms with Crippen molar-refractivity contribution in [1.29, 1.82) is 0 Å². The van der Waals surface area contributed by atoms with Crippen molar-refractivity contribution < 1.29 is 18.0 Å². The number of nitrogens with one attached hydrogen (secondary N) is 1. The van der Waals surface area contributed by atoms with E-state index in [1.807, 2.05) is 18.2 Å². The number of likely N-dealkylation sites (tertiary alicyclic amines) is 1. The fraction of sp³-hybridized carbons (Fsp3) is 0.556. The van der Waals surface area contributed by atoms with Gasteiger partial charge >= 0.3 is 0 Å². The van der Waals surface area contributed by atoms with Crippen molar-refractivity contribution in [3.63, 3.8) is 0 Å². The first kappa shape index (κ1) is 18.5. The van der Waals surface area contributed by atoms with Gasteiger partial charge in [-0.2, -0.15) is 4.98 Å². The highest BCUT2D eigenvalue weighted by Crippen LogP contribution is 2.31. The topological polar surface area (TPSA) is 109 Å². The minimum atomic E-state index is -3.49. The van der Waals surface area contributed by atoms with Crippen LogP contribution in [0.4, 0.5) is 0 Å². The van der Waals surface area contributed by atoms with E-state index in [1.54, 1.807) is 0 Å². The predicted molar refractivity (Wildman–Crippen MR) is 97.9 cm³/mol. The highest BCUT2D eigenvalue weighted by molar-refractivity contribution is 7.88. The molecule has 0 spiro atoms. The number of hydrogen-bond acceptors (Lipinski definition) is 7. The fourth-order valence-electron chi connectivity index (χ4n) is 3.44. The monoisotopic (exact) mass is 392 g/mol. The van der Waals surface area contributed by atoms with Crippen LogP contribution in [-0.2, 0) is 27.9 Å². The van der Waals surface area contributed by atoms with Crippen LogP contribution in [0.1, 0.15) is 43.0 Å². The summed E-state index contributed by atoms with van der Waals surface area (Å²) in [6, 6.07) is 10.1. The summed E-state index contributed by atoms with van der Waals surface area (Å²) in [5, 5.41) is 14.8. The summed E-state index contributed by atoms with van der Waals surface area (Å²) in [5.74, 6) is -0.166. The normalized spacial score (nSPS) is 24.2. The lowest BCUT2D eigenvalue weighted by Gasteiger charge is -2.36. The van der Waals surface area contributed by atoms with Crippen molar-refractivity contribution in [2.24, 2.45) is 0 Å². The molecular formula is C18H24N4O4S. The average Bonchev–Trinajstić information content (AvgIpc) is 3.29. The number of sulfonamides is 1. The maximum absolute atomic E-state index is 12.1. The second kappa shape index (κ2) is 7.31. The summed E-state index contributed by atoms with van der Waals surface area (Å²) >= 11 is 0. The summed E-state index contributed by atoms with van der Waals surface area (Å²) in [6.45, 7) is 1.97. The maximum Gasteiger partial charge on any atom is 0.259 e. The molecule has 2 aliphatic rings. The fourth-order valence-corrected chi connectivity index (χ4v) is 4.73. The molecule has 146 valence electrons. The smallest absolute Gasteiger partial charge is 0.259 e. The Morgan fingerprint density at radius 2 is 2.07 bits per heavy atom. The van der Waals surface area contributed by atoms with Crippen molar-refractivity contribution in [2.75, 3.05) is 13.1 Å². The zero-order valence-electron chi connectivity index (χ0n) is 15.0. The zero-order chi connectivity index (χ0) is 18.9. The van der Waals surface area contributed by atoms with Crippen LogP contribution >= 0.6 is 0 Å². The van der Waals surface area contributed by atoms with Crippen LogP contribution in [0.25, 0.3) is 0 Å². The molecule has 0 radical (unpaired) electrons. The lowest BCUT2D eigenvalue weighted by atomic mass is 9.92. The molecule has 2 heterocycles. The summed E-state index contributed by atoms with van der Waals surface area (Å²) in [6.07, 6.45) is 3.04. The van der Waals surface area contributed by atoms with Crippen molar-refractivity contribution >= 4 is 10.0 Å². The van der Waals surface area contributed by atoms with Crippen LogP contribution in [0.3, 0.4) is 0 Å². The van der Waals surface area contributed by atoms with E-state index in [1.165, 1.54) is 5.56 Å². The van der Waals surface area contributed by atoms with Gasteiger partial charge in [-0.1, -0.05) is 35.5 Å². The van der Waals surface area contributed by atoms with Crippen molar-refractivity contribution in [3.8, 4) is 0 Å². The Labute approximate surface area is 158 Å². The molecule has 27 heavy (non-hydrogen) atoms. The Bertz CT molecular complexity index is 882. The second-order valence-corrected chi connectivity index (χ2v) is 9.25. The molecule has 1 saturated heterocycles. The minimum absolute atomic E-state index is 0.0374. The molecule has 0 bridgehead atoms. The molecular weight excluding hydrogens is 368 g/mol. The van der Waals surface area contributed by atoms with Crippen LogP contribution < -0.4 is 4.72 Å². The van der Waals surface area contributed by atoms with E-state index >= 15 is 0 Å². The Kier molecular flexibility index (Phi) is 5.02. The molecule has 2 aromatic rings. The number of benzene rings is 1. The largest absolute Gasteiger partial charge is 0.379 e. The molecule has 1 saturated carbocycles. The van der Waals surface area contributed by atoms with Gasteiger partial charge < -0.3 is 9.63 Å². The van der Waals surface area contributed by atoms with E-state index < -0.39 is 15.6 Å². The zero-order valence-corrected chi connectivity index (χ0v) is 15.9. The number of rotatable bonds is 7. The van der Waals surface area contributed by atoms with Gasteiger partial charge in [0.15, 0.2) is 11.4 Å². The first-order valence-corrected chi connectivity index (χ1v) is 10.9. The number of aliphatic hydroxyl groups is 1. The number of aromatic nitrogens is 2. The highest BCUT2D eigenvalue weighted by atomic mass is 32.2. The summed E-state index contributed by atoms with van der Waals surface area (Å²) in [4.78, 5) is 6.33. The van der Waals surface area contributed by atoms with Crippen molar-refractivity contribution in [3.05, 3.63) is 47.6 Å². The van der Waals surface area contributed by atoms with E-state index in [9.17, 15) is 13.5 Å². The third-order valence-corrected chi connectivity index (χ3v) is 6.24. The Morgan fingerprint density at radius 1 is 1.30 bits per heavy atom. The maximum atomic E-state index is 12.1. The van der Waals surface area contributed by atoms with Crippen molar-refractivity contribution in [2.45, 2.75) is 49.6 Å². The molecule has 1 aliphatic heterocycles. The van der Waals surface area contributed by atoms with Crippen LogP contribution in [0.5, 0.6) is 0 Å². The lowest BCUT2D eigenvalue weighted by molar-refractivity contribution is -0.0602. The first-order valence-electron chi connectivity index (χ1n) is 9.24. The summed E-state index contributed by atoms with van der Waals surface area (Å²) in [7, 11) is -3.49. The molecule has 1 unspecified atom stereocenters. The standard InChI is InChI=1S/C18H24N4O4S/c23-18(9-4-10-22(13-18)11-14-5-2-1-3-6-14)17-19-16(20-26-17)12-27(24,25)21-15-7-8-15/h1-3,5-6,15,21,23H,4,7-13H2. The van der Waals surface area contributed by atoms with E-state index in [0.717, 1.165) is 32.4 Å². The Hall–Kier alpha value is -1.81. The number of nitrogens with zero attached hydrogens (tertiary/aromatic N) is 3. The van der Waals surface area contributed by atoms with Gasteiger partial charge in [0, 0.05) is 19.1 Å². The van der Waals surface area contributed by atoms with Gasteiger partial charge in [0.05, 0.1) is 0 Å². The minimum Gasteiger partial charge on any atom is -0.379 e. The van der Waals surface area contributed by atoms with Gasteiger partial charge in [-0.3, -0.25) is 4.90 Å². The van der Waals surface area contributed by atoms with Crippen LogP contribution in [-0.4, -0.2) is 47.7 Å². The molecule has 1 atom stereocenters. The quantitative estimate of drug-likeness (QED) is 0.727. The van der Waals surface area contributed by atoms with E-state index in [0.29, 0.717) is 13.0 Å². The molecule has 9 heteroatoms. The predicted octanol–water partition coefficient (Wildman–Crippen LogP) is 1.13. The summed E-state index contributed by atoms with van der Waals surface area (Å²) < 4.78 is 32.0. The lowest BCUT2D eigenvalue weighted by Crippen LogP contribution is -2.45. The molecule has 4 rings (SSSR count). The first-order chi connectivity index (χ1) is 12.9. The highest BCUT2D eigenvalue weighted by Gasteiger charge is 2.40.